The molecule has 3 N–H and O–H groups in total. The minimum Gasteiger partial charge on any atom is -0.330 e. The second-order valence-electron chi connectivity index (χ2n) is 3.71. The zero-order valence-electron chi connectivity index (χ0n) is 9.18. The van der Waals surface area contributed by atoms with E-state index in [-0.39, 0.29) is 11.8 Å². The molecule has 0 saturated carbocycles. The molecule has 0 fully saturated rings. The molecule has 0 bridgehead atoms. The van der Waals surface area contributed by atoms with Crippen LogP contribution in [0.1, 0.15) is 12.5 Å². The average Bonchev–Trinajstić information content (AvgIpc) is 2.24. The molecule has 0 spiro atoms. The molecule has 16 heavy (non-hydrogen) atoms. The van der Waals surface area contributed by atoms with Gasteiger partial charge in [0.2, 0.25) is 5.91 Å². The average molecular weight is 261 g/mol. The van der Waals surface area contributed by atoms with E-state index in [9.17, 15) is 4.79 Å². The number of aryl methyl sites for hydroxylation is 1. The normalized spacial score (nSPS) is 12.3. The summed E-state index contributed by atoms with van der Waals surface area (Å²) in [4.78, 5) is 11.6. The summed E-state index contributed by atoms with van der Waals surface area (Å²) in [6, 6.07) is 3.35. The van der Waals surface area contributed by atoms with Crippen LogP contribution in [0.3, 0.4) is 0 Å². The fraction of sp³-hybridized carbons (Fsp3) is 0.364. The lowest BCUT2D eigenvalue weighted by Crippen LogP contribution is -2.26. The molecule has 0 radical (unpaired) electrons. The van der Waals surface area contributed by atoms with Gasteiger partial charge in [-0.05, 0) is 24.6 Å². The molecule has 0 aliphatic rings. The van der Waals surface area contributed by atoms with Crippen molar-refractivity contribution in [2.45, 2.75) is 13.8 Å². The molecular weight excluding hydrogens is 247 g/mol. The number of carbonyl (C=O) groups is 1. The molecule has 0 aliphatic carbocycles. The predicted molar refractivity (Wildman–Crippen MR) is 68.0 cm³/mol. The van der Waals surface area contributed by atoms with E-state index in [4.69, 9.17) is 28.9 Å². The van der Waals surface area contributed by atoms with E-state index in [0.717, 1.165) is 5.56 Å². The number of carbonyl (C=O) groups excluding carboxylic acids is 1. The largest absolute Gasteiger partial charge is 0.330 e. The maximum absolute atomic E-state index is 11.6. The van der Waals surface area contributed by atoms with Crippen LogP contribution in [0.5, 0.6) is 0 Å². The highest BCUT2D eigenvalue weighted by atomic mass is 35.5. The van der Waals surface area contributed by atoms with E-state index in [1.165, 1.54) is 0 Å². The SMILES string of the molecule is Cc1cc(Cl)c(NC(=O)C(C)CN)cc1Cl. The fourth-order valence-electron chi connectivity index (χ4n) is 1.11. The van der Waals surface area contributed by atoms with Crippen molar-refractivity contribution in [1.29, 1.82) is 0 Å². The highest BCUT2D eigenvalue weighted by Gasteiger charge is 2.13. The number of nitrogens with one attached hydrogen (secondary N) is 1. The van der Waals surface area contributed by atoms with Gasteiger partial charge < -0.3 is 11.1 Å². The third-order valence-corrected chi connectivity index (χ3v) is 3.03. The van der Waals surface area contributed by atoms with Crippen LogP contribution in [0.15, 0.2) is 12.1 Å². The summed E-state index contributed by atoms with van der Waals surface area (Å²) < 4.78 is 0. The molecule has 88 valence electrons. The highest BCUT2D eigenvalue weighted by molar-refractivity contribution is 6.36. The Morgan fingerprint density at radius 1 is 1.44 bits per heavy atom. The van der Waals surface area contributed by atoms with E-state index < -0.39 is 0 Å². The van der Waals surface area contributed by atoms with Gasteiger partial charge in [-0.2, -0.15) is 0 Å². The molecule has 0 aromatic heterocycles. The number of benzene rings is 1. The Hall–Kier alpha value is -0.770. The Kier molecular flexibility index (Phi) is 4.59. The molecule has 0 aliphatic heterocycles. The molecule has 0 saturated heterocycles. The minimum atomic E-state index is -0.254. The Morgan fingerprint density at radius 3 is 2.62 bits per heavy atom. The number of hydrogen-bond acceptors (Lipinski definition) is 2. The molecule has 1 amide bonds. The van der Waals surface area contributed by atoms with Gasteiger partial charge in [0.1, 0.15) is 0 Å². The van der Waals surface area contributed by atoms with Crippen molar-refractivity contribution in [3.63, 3.8) is 0 Å². The highest BCUT2D eigenvalue weighted by Crippen LogP contribution is 2.28. The second-order valence-corrected chi connectivity index (χ2v) is 4.52. The van der Waals surface area contributed by atoms with E-state index in [1.54, 1.807) is 19.1 Å². The summed E-state index contributed by atoms with van der Waals surface area (Å²) in [5, 5.41) is 3.73. The van der Waals surface area contributed by atoms with Gasteiger partial charge in [0.05, 0.1) is 10.7 Å². The lowest BCUT2D eigenvalue weighted by molar-refractivity contribution is -0.119. The topological polar surface area (TPSA) is 55.1 Å². The number of amides is 1. The van der Waals surface area contributed by atoms with Crippen LogP contribution in [0, 0.1) is 12.8 Å². The van der Waals surface area contributed by atoms with Crippen molar-refractivity contribution < 1.29 is 4.79 Å². The first-order chi connectivity index (χ1) is 7.45. The minimum absolute atomic E-state index is 0.163. The Bertz CT molecular complexity index is 407. The maximum Gasteiger partial charge on any atom is 0.228 e. The lowest BCUT2D eigenvalue weighted by atomic mass is 10.1. The van der Waals surface area contributed by atoms with Gasteiger partial charge >= 0.3 is 0 Å². The van der Waals surface area contributed by atoms with Crippen LogP contribution >= 0.6 is 23.2 Å². The molecule has 3 nitrogen and oxygen atoms in total. The van der Waals surface area contributed by atoms with Gasteiger partial charge in [0, 0.05) is 17.5 Å². The smallest absolute Gasteiger partial charge is 0.228 e. The molecular formula is C11H14Cl2N2O. The lowest BCUT2D eigenvalue weighted by Gasteiger charge is -2.12. The van der Waals surface area contributed by atoms with Gasteiger partial charge in [0.25, 0.3) is 0 Å². The van der Waals surface area contributed by atoms with Crippen LogP contribution in [-0.4, -0.2) is 12.5 Å². The number of halogens is 2. The predicted octanol–water partition coefficient (Wildman–Crippen LogP) is 2.84. The van der Waals surface area contributed by atoms with Gasteiger partial charge in [-0.15, -0.1) is 0 Å². The molecule has 5 heteroatoms. The fourth-order valence-corrected chi connectivity index (χ4v) is 1.53. The summed E-state index contributed by atoms with van der Waals surface area (Å²) in [6.45, 7) is 3.89. The van der Waals surface area contributed by atoms with Crippen molar-refractivity contribution in [3.05, 3.63) is 27.7 Å². The van der Waals surface area contributed by atoms with Crippen molar-refractivity contribution in [3.8, 4) is 0 Å². The summed E-state index contributed by atoms with van der Waals surface area (Å²) in [6.07, 6.45) is 0. The van der Waals surface area contributed by atoms with Gasteiger partial charge in [-0.1, -0.05) is 30.1 Å². The van der Waals surface area contributed by atoms with E-state index in [2.05, 4.69) is 5.32 Å². The number of hydrogen-bond donors (Lipinski definition) is 2. The van der Waals surface area contributed by atoms with Crippen molar-refractivity contribution in [1.82, 2.24) is 0 Å². The van der Waals surface area contributed by atoms with Crippen molar-refractivity contribution in [2.75, 3.05) is 11.9 Å². The van der Waals surface area contributed by atoms with Crippen LogP contribution in [-0.2, 0) is 4.79 Å². The first-order valence-electron chi connectivity index (χ1n) is 4.92. The number of nitrogens with two attached hydrogens (primary N) is 1. The van der Waals surface area contributed by atoms with Crippen LogP contribution in [0.2, 0.25) is 10.0 Å². The molecule has 1 aromatic carbocycles. The summed E-state index contributed by atoms with van der Waals surface area (Å²) in [5.41, 5.74) is 6.79. The first kappa shape index (κ1) is 13.3. The van der Waals surface area contributed by atoms with E-state index in [1.807, 2.05) is 6.92 Å². The monoisotopic (exact) mass is 260 g/mol. The quantitative estimate of drug-likeness (QED) is 0.879. The van der Waals surface area contributed by atoms with Gasteiger partial charge in [-0.3, -0.25) is 4.79 Å². The molecule has 1 unspecified atom stereocenters. The van der Waals surface area contributed by atoms with E-state index >= 15 is 0 Å². The molecule has 1 aromatic rings. The Labute approximate surface area is 105 Å². The molecule has 1 atom stereocenters. The van der Waals surface area contributed by atoms with Gasteiger partial charge in [0.15, 0.2) is 0 Å². The molecule has 1 rings (SSSR count). The number of rotatable bonds is 3. The third kappa shape index (κ3) is 3.11. The third-order valence-electron chi connectivity index (χ3n) is 2.31. The summed E-state index contributed by atoms with van der Waals surface area (Å²) >= 11 is 11.9. The van der Waals surface area contributed by atoms with Gasteiger partial charge in [-0.25, -0.2) is 0 Å². The van der Waals surface area contributed by atoms with E-state index in [0.29, 0.717) is 22.3 Å². The maximum atomic E-state index is 11.6. The van der Waals surface area contributed by atoms with Crippen LogP contribution in [0.4, 0.5) is 5.69 Å². The number of anilines is 1. The first-order valence-corrected chi connectivity index (χ1v) is 5.68. The molecule has 0 heterocycles. The second kappa shape index (κ2) is 5.53. The summed E-state index contributed by atoms with van der Waals surface area (Å²) in [7, 11) is 0. The Morgan fingerprint density at radius 2 is 2.06 bits per heavy atom. The summed E-state index contributed by atoms with van der Waals surface area (Å²) in [5.74, 6) is -0.416. The van der Waals surface area contributed by atoms with Crippen molar-refractivity contribution >= 4 is 34.8 Å². The van der Waals surface area contributed by atoms with Crippen LogP contribution in [0.25, 0.3) is 0 Å². The zero-order chi connectivity index (χ0) is 12.3. The van der Waals surface area contributed by atoms with Crippen molar-refractivity contribution in [2.24, 2.45) is 11.7 Å². The van der Waals surface area contributed by atoms with Crippen LogP contribution < -0.4 is 11.1 Å². The Balaban J connectivity index is 2.90. The zero-order valence-corrected chi connectivity index (χ0v) is 10.7. The standard InChI is InChI=1S/C11H14Cl2N2O/c1-6-3-9(13)10(4-8(6)12)15-11(16)7(2)5-14/h3-4,7H,5,14H2,1-2H3,(H,15,16).